The van der Waals surface area contributed by atoms with Crippen molar-refractivity contribution in [2.45, 2.75) is 24.6 Å². The first-order valence-corrected chi connectivity index (χ1v) is 3.88. The smallest absolute Gasteiger partial charge is 0.187 e. The van der Waals surface area contributed by atoms with Crippen LogP contribution in [0, 0.1) is 12.3 Å². The van der Waals surface area contributed by atoms with Crippen LogP contribution in [-0.4, -0.2) is 53.1 Å². The van der Waals surface area contributed by atoms with Crippen LogP contribution in [-0.2, 0) is 9.47 Å². The highest BCUT2D eigenvalue weighted by Gasteiger charge is 2.42. The van der Waals surface area contributed by atoms with Crippen LogP contribution < -0.4 is 0 Å². The first kappa shape index (κ1) is 10.4. The Morgan fingerprint density at radius 3 is 2.54 bits per heavy atom. The van der Waals surface area contributed by atoms with Crippen molar-refractivity contribution >= 4 is 0 Å². The molecule has 0 aromatic heterocycles. The van der Waals surface area contributed by atoms with Crippen molar-refractivity contribution in [1.29, 1.82) is 0 Å². The maximum absolute atomic E-state index is 9.31. The number of hydrogen-bond acceptors (Lipinski definition) is 5. The maximum atomic E-state index is 9.31. The van der Waals surface area contributed by atoms with Gasteiger partial charge in [-0.3, -0.25) is 0 Å². The molecule has 0 aromatic carbocycles. The van der Waals surface area contributed by atoms with Gasteiger partial charge in [-0.05, 0) is 0 Å². The van der Waals surface area contributed by atoms with Crippen LogP contribution >= 0.6 is 0 Å². The molecule has 0 saturated carbocycles. The molecule has 1 rings (SSSR count). The first-order valence-electron chi connectivity index (χ1n) is 3.88. The number of ether oxygens (including phenoxy) is 2. The third kappa shape index (κ3) is 2.18. The van der Waals surface area contributed by atoms with Crippen LogP contribution in [0.2, 0.25) is 0 Å². The SMILES string of the molecule is C#CCO[C@H]1O[C@H](CO)[C@@H](O)[C@@H]1O. The maximum Gasteiger partial charge on any atom is 0.187 e. The van der Waals surface area contributed by atoms with Crippen molar-refractivity contribution in [3.63, 3.8) is 0 Å². The van der Waals surface area contributed by atoms with Gasteiger partial charge in [-0.1, -0.05) is 5.92 Å². The van der Waals surface area contributed by atoms with Crippen molar-refractivity contribution in [1.82, 2.24) is 0 Å². The quantitative estimate of drug-likeness (QED) is 0.450. The zero-order valence-electron chi connectivity index (χ0n) is 6.96. The molecule has 1 heterocycles. The first-order chi connectivity index (χ1) is 6.20. The van der Waals surface area contributed by atoms with Crippen LogP contribution in [0.1, 0.15) is 0 Å². The highest BCUT2D eigenvalue weighted by Crippen LogP contribution is 2.21. The summed E-state index contributed by atoms with van der Waals surface area (Å²) in [4.78, 5) is 0. The van der Waals surface area contributed by atoms with E-state index in [1.54, 1.807) is 0 Å². The fourth-order valence-electron chi connectivity index (χ4n) is 1.13. The fraction of sp³-hybridized carbons (Fsp3) is 0.750. The van der Waals surface area contributed by atoms with E-state index in [0.717, 1.165) is 0 Å². The third-order valence-electron chi connectivity index (χ3n) is 1.83. The van der Waals surface area contributed by atoms with E-state index in [1.807, 2.05) is 0 Å². The second-order valence-corrected chi connectivity index (χ2v) is 2.72. The Labute approximate surface area is 75.9 Å². The number of terminal acetylenes is 1. The number of aliphatic hydroxyl groups is 3. The second-order valence-electron chi connectivity index (χ2n) is 2.72. The summed E-state index contributed by atoms with van der Waals surface area (Å²) in [6.07, 6.45) is 0.874. The Kier molecular flexibility index (Phi) is 3.66. The van der Waals surface area contributed by atoms with Gasteiger partial charge in [0.15, 0.2) is 6.29 Å². The van der Waals surface area contributed by atoms with Crippen LogP contribution in [0.25, 0.3) is 0 Å². The van der Waals surface area contributed by atoms with Gasteiger partial charge >= 0.3 is 0 Å². The second kappa shape index (κ2) is 4.56. The lowest BCUT2D eigenvalue weighted by Gasteiger charge is -2.13. The summed E-state index contributed by atoms with van der Waals surface area (Å²) in [5, 5.41) is 27.3. The molecule has 0 amide bonds. The van der Waals surface area contributed by atoms with Gasteiger partial charge in [-0.15, -0.1) is 6.42 Å². The number of aliphatic hydroxyl groups excluding tert-OH is 3. The Morgan fingerprint density at radius 2 is 2.08 bits per heavy atom. The molecule has 0 aromatic rings. The predicted molar refractivity (Wildman–Crippen MR) is 42.5 cm³/mol. The van der Waals surface area contributed by atoms with Crippen molar-refractivity contribution in [3.8, 4) is 12.3 Å². The standard InChI is InChI=1S/C8H12O5/c1-2-3-12-8-7(11)6(10)5(4-9)13-8/h1,5-11H,3-4H2/t5-,6-,7+,8+/m1/s1. The molecule has 4 atom stereocenters. The minimum Gasteiger partial charge on any atom is -0.394 e. The van der Waals surface area contributed by atoms with E-state index in [0.29, 0.717) is 0 Å². The zero-order chi connectivity index (χ0) is 9.84. The molecule has 0 radical (unpaired) electrons. The number of hydrogen-bond donors (Lipinski definition) is 3. The van der Waals surface area contributed by atoms with Crippen LogP contribution in [0.4, 0.5) is 0 Å². The highest BCUT2D eigenvalue weighted by molar-refractivity contribution is 4.88. The Bertz CT molecular complexity index is 199. The molecule has 1 fully saturated rings. The molecule has 13 heavy (non-hydrogen) atoms. The minimum atomic E-state index is -1.16. The molecular formula is C8H12O5. The molecule has 5 heteroatoms. The Hall–Kier alpha value is -0.640. The molecule has 1 saturated heterocycles. The molecule has 0 unspecified atom stereocenters. The van der Waals surface area contributed by atoms with Crippen LogP contribution in [0.15, 0.2) is 0 Å². The number of rotatable bonds is 3. The van der Waals surface area contributed by atoms with Gasteiger partial charge in [0.25, 0.3) is 0 Å². The van der Waals surface area contributed by atoms with Crippen LogP contribution in [0.3, 0.4) is 0 Å². The van der Waals surface area contributed by atoms with E-state index < -0.39 is 24.6 Å². The molecule has 74 valence electrons. The normalized spacial score (nSPS) is 38.9. The lowest BCUT2D eigenvalue weighted by Crippen LogP contribution is -2.34. The largest absolute Gasteiger partial charge is 0.394 e. The monoisotopic (exact) mass is 188 g/mol. The van der Waals surface area contributed by atoms with Crippen molar-refractivity contribution in [2.24, 2.45) is 0 Å². The summed E-state index contributed by atoms with van der Waals surface area (Å²) in [6.45, 7) is -0.374. The molecule has 3 N–H and O–H groups in total. The van der Waals surface area contributed by atoms with Crippen molar-refractivity contribution in [2.75, 3.05) is 13.2 Å². The summed E-state index contributed by atoms with van der Waals surface area (Å²) in [5.41, 5.74) is 0. The summed E-state index contributed by atoms with van der Waals surface area (Å²) in [5.74, 6) is 2.21. The van der Waals surface area contributed by atoms with Crippen molar-refractivity contribution in [3.05, 3.63) is 0 Å². The summed E-state index contributed by atoms with van der Waals surface area (Å²) in [7, 11) is 0. The van der Waals surface area contributed by atoms with Crippen LogP contribution in [0.5, 0.6) is 0 Å². The molecule has 0 aliphatic carbocycles. The van der Waals surface area contributed by atoms with E-state index in [9.17, 15) is 10.2 Å². The fourth-order valence-corrected chi connectivity index (χ4v) is 1.13. The zero-order valence-corrected chi connectivity index (χ0v) is 6.96. The Morgan fingerprint density at radius 1 is 1.38 bits per heavy atom. The minimum absolute atomic E-state index is 0.00735. The highest BCUT2D eigenvalue weighted by atomic mass is 16.7. The lowest BCUT2D eigenvalue weighted by molar-refractivity contribution is -0.161. The van der Waals surface area contributed by atoms with E-state index in [1.165, 1.54) is 0 Å². The van der Waals surface area contributed by atoms with E-state index >= 15 is 0 Å². The van der Waals surface area contributed by atoms with E-state index in [2.05, 4.69) is 5.92 Å². The topological polar surface area (TPSA) is 79.2 Å². The van der Waals surface area contributed by atoms with Gasteiger partial charge in [0.05, 0.1) is 6.61 Å². The van der Waals surface area contributed by atoms with Gasteiger partial charge in [-0.25, -0.2) is 0 Å². The van der Waals surface area contributed by atoms with Gasteiger partial charge in [0.1, 0.15) is 24.9 Å². The molecule has 1 aliphatic heterocycles. The predicted octanol–water partition coefficient (Wildman–Crippen LogP) is -1.92. The lowest BCUT2D eigenvalue weighted by atomic mass is 10.1. The third-order valence-corrected chi connectivity index (χ3v) is 1.83. The van der Waals surface area contributed by atoms with Gasteiger partial charge in [0, 0.05) is 0 Å². The van der Waals surface area contributed by atoms with Gasteiger partial charge in [-0.2, -0.15) is 0 Å². The molecular weight excluding hydrogens is 176 g/mol. The average molecular weight is 188 g/mol. The van der Waals surface area contributed by atoms with E-state index in [-0.39, 0.29) is 13.2 Å². The average Bonchev–Trinajstić information content (AvgIpc) is 2.41. The molecule has 5 nitrogen and oxygen atoms in total. The molecule has 0 bridgehead atoms. The van der Waals surface area contributed by atoms with Gasteiger partial charge < -0.3 is 24.8 Å². The Balaban J connectivity index is 2.46. The summed E-state index contributed by atoms with van der Waals surface area (Å²) in [6, 6.07) is 0. The molecule has 0 spiro atoms. The van der Waals surface area contributed by atoms with Crippen molar-refractivity contribution < 1.29 is 24.8 Å². The summed E-state index contributed by atoms with van der Waals surface area (Å²) < 4.78 is 9.86. The summed E-state index contributed by atoms with van der Waals surface area (Å²) >= 11 is 0. The molecule has 1 aliphatic rings. The van der Waals surface area contributed by atoms with E-state index in [4.69, 9.17) is 21.0 Å². The van der Waals surface area contributed by atoms with Gasteiger partial charge in [0.2, 0.25) is 0 Å².